The molecule has 3 aromatic carbocycles. The molecular formula is C21H17F3O2. The third kappa shape index (κ3) is 4.17. The van der Waals surface area contributed by atoms with Gasteiger partial charge in [-0.25, -0.2) is 4.39 Å². The second-order valence-electron chi connectivity index (χ2n) is 5.68. The van der Waals surface area contributed by atoms with Crippen molar-refractivity contribution in [1.29, 1.82) is 0 Å². The molecule has 0 atom stereocenters. The molecule has 3 rings (SSSR count). The van der Waals surface area contributed by atoms with Crippen LogP contribution in [0.1, 0.15) is 12.5 Å². The van der Waals surface area contributed by atoms with Gasteiger partial charge in [0.25, 0.3) is 0 Å². The summed E-state index contributed by atoms with van der Waals surface area (Å²) in [7, 11) is 0. The lowest BCUT2D eigenvalue weighted by Gasteiger charge is -2.19. The Labute approximate surface area is 149 Å². The van der Waals surface area contributed by atoms with Gasteiger partial charge in [0, 0.05) is 0 Å². The van der Waals surface area contributed by atoms with Crippen LogP contribution in [0.25, 0.3) is 10.8 Å². The van der Waals surface area contributed by atoms with Gasteiger partial charge in [-0.3, -0.25) is 0 Å². The number of hydrogen-bond donors (Lipinski definition) is 0. The van der Waals surface area contributed by atoms with Crippen LogP contribution < -0.4 is 9.47 Å². The van der Waals surface area contributed by atoms with E-state index in [1.54, 1.807) is 6.07 Å². The monoisotopic (exact) mass is 358 g/mol. The first-order chi connectivity index (χ1) is 12.5. The number of alkyl halides is 2. The van der Waals surface area contributed by atoms with Crippen molar-refractivity contribution >= 4 is 10.8 Å². The predicted octanol–water partition coefficient (Wildman–Crippen LogP) is 6.06. The molecule has 0 bridgehead atoms. The molecule has 2 nitrogen and oxygen atoms in total. The minimum absolute atomic E-state index is 0.00233. The van der Waals surface area contributed by atoms with Gasteiger partial charge in [0.15, 0.2) is 0 Å². The number of rotatable bonds is 6. The molecular weight excluding hydrogens is 341 g/mol. The van der Waals surface area contributed by atoms with Crippen LogP contribution in [0.3, 0.4) is 0 Å². The Morgan fingerprint density at radius 3 is 2.27 bits per heavy atom. The number of hydrogen-bond acceptors (Lipinski definition) is 2. The summed E-state index contributed by atoms with van der Waals surface area (Å²) in [4.78, 5) is 0. The Balaban J connectivity index is 1.76. The highest BCUT2D eigenvalue weighted by Gasteiger charge is 2.34. The van der Waals surface area contributed by atoms with Gasteiger partial charge in [0.05, 0.1) is 5.56 Å². The number of fused-ring (bicyclic) bond motifs is 1. The largest absolute Gasteiger partial charge is 0.490 e. The molecule has 0 saturated heterocycles. The molecule has 134 valence electrons. The Morgan fingerprint density at radius 1 is 0.885 bits per heavy atom. The van der Waals surface area contributed by atoms with Crippen LogP contribution in [0.4, 0.5) is 13.2 Å². The second-order valence-corrected chi connectivity index (χ2v) is 5.68. The quantitative estimate of drug-likeness (QED) is 0.499. The highest BCUT2D eigenvalue weighted by Crippen LogP contribution is 2.33. The smallest absolute Gasteiger partial charge is 0.426 e. The van der Waals surface area contributed by atoms with E-state index in [0.717, 1.165) is 0 Å². The third-order valence-corrected chi connectivity index (χ3v) is 3.79. The maximum absolute atomic E-state index is 14.4. The predicted molar refractivity (Wildman–Crippen MR) is 95.2 cm³/mol. The Morgan fingerprint density at radius 2 is 1.54 bits per heavy atom. The number of ether oxygens (including phenoxy) is 2. The van der Waals surface area contributed by atoms with Crippen molar-refractivity contribution in [3.05, 3.63) is 84.2 Å². The van der Waals surface area contributed by atoms with Crippen LogP contribution in [0.2, 0.25) is 0 Å². The summed E-state index contributed by atoms with van der Waals surface area (Å²) in [5.41, 5.74) is -0.282. The Hall–Kier alpha value is -2.95. The fourth-order valence-electron chi connectivity index (χ4n) is 2.45. The highest BCUT2D eigenvalue weighted by molar-refractivity contribution is 5.83. The van der Waals surface area contributed by atoms with Gasteiger partial charge < -0.3 is 9.47 Å². The molecule has 0 heterocycles. The molecule has 0 aliphatic rings. The zero-order valence-electron chi connectivity index (χ0n) is 14.1. The first-order valence-electron chi connectivity index (χ1n) is 8.08. The van der Waals surface area contributed by atoms with Gasteiger partial charge in [-0.2, -0.15) is 8.78 Å². The molecule has 0 radical (unpaired) electrons. The summed E-state index contributed by atoms with van der Waals surface area (Å²) in [6.07, 6.45) is 0.154. The molecule has 0 unspecified atom stereocenters. The van der Waals surface area contributed by atoms with Crippen LogP contribution >= 0.6 is 0 Å². The summed E-state index contributed by atoms with van der Waals surface area (Å²) in [5, 5.41) is 1.23. The summed E-state index contributed by atoms with van der Waals surface area (Å²) in [6.45, 7) is 2.24. The first-order valence-corrected chi connectivity index (χ1v) is 8.08. The van der Waals surface area contributed by atoms with Crippen LogP contribution in [-0.4, -0.2) is 6.61 Å². The summed E-state index contributed by atoms with van der Waals surface area (Å²) < 4.78 is 52.3. The van der Waals surface area contributed by atoms with Crippen molar-refractivity contribution in [3.8, 4) is 11.5 Å². The summed E-state index contributed by atoms with van der Waals surface area (Å²) in [5.74, 6) is 0.117. The second kappa shape index (κ2) is 7.52. The van der Waals surface area contributed by atoms with E-state index in [4.69, 9.17) is 9.47 Å². The number of halogens is 3. The summed E-state index contributed by atoms with van der Waals surface area (Å²) in [6, 6.07) is 14.0. The fourth-order valence-corrected chi connectivity index (χ4v) is 2.45. The van der Waals surface area contributed by atoms with Crippen LogP contribution in [0, 0.1) is 5.82 Å². The van der Waals surface area contributed by atoms with Crippen molar-refractivity contribution in [2.45, 2.75) is 13.0 Å². The van der Waals surface area contributed by atoms with Gasteiger partial charge >= 0.3 is 6.11 Å². The van der Waals surface area contributed by atoms with E-state index in [9.17, 15) is 13.2 Å². The van der Waals surface area contributed by atoms with Crippen LogP contribution in [0.15, 0.2) is 72.8 Å². The maximum Gasteiger partial charge on any atom is 0.426 e. The van der Waals surface area contributed by atoms with Crippen molar-refractivity contribution in [2.75, 3.05) is 6.61 Å². The van der Waals surface area contributed by atoms with Crippen molar-refractivity contribution < 1.29 is 22.6 Å². The number of allylic oxidation sites excluding steroid dienone is 1. The van der Waals surface area contributed by atoms with Gasteiger partial charge in [0.2, 0.25) is 0 Å². The van der Waals surface area contributed by atoms with Gasteiger partial charge in [-0.1, -0.05) is 24.3 Å². The van der Waals surface area contributed by atoms with Gasteiger partial charge in [-0.05, 0) is 66.2 Å². The van der Waals surface area contributed by atoms with Crippen molar-refractivity contribution in [1.82, 2.24) is 0 Å². The lowest BCUT2D eigenvalue weighted by molar-refractivity contribution is -0.185. The van der Waals surface area contributed by atoms with E-state index in [-0.39, 0.29) is 17.1 Å². The van der Waals surface area contributed by atoms with Crippen LogP contribution in [-0.2, 0) is 6.11 Å². The SMILES string of the molecule is CC=CCOc1ccc(C(F)(F)Oc2ccc3cc(F)ccc3c2)cc1. The lowest BCUT2D eigenvalue weighted by Crippen LogP contribution is -2.21. The summed E-state index contributed by atoms with van der Waals surface area (Å²) >= 11 is 0. The third-order valence-electron chi connectivity index (χ3n) is 3.79. The maximum atomic E-state index is 14.4. The molecule has 26 heavy (non-hydrogen) atoms. The molecule has 0 fully saturated rings. The Bertz CT molecular complexity index is 918. The minimum Gasteiger partial charge on any atom is -0.490 e. The van der Waals surface area contributed by atoms with Crippen molar-refractivity contribution in [2.24, 2.45) is 0 Å². The molecule has 0 aliphatic heterocycles. The molecule has 0 aromatic heterocycles. The van der Waals surface area contributed by atoms with Crippen molar-refractivity contribution in [3.63, 3.8) is 0 Å². The standard InChI is InChI=1S/C21H17F3O2/c1-2-3-12-25-19-10-6-17(7-11-19)21(23,24)26-20-9-5-15-13-18(22)8-4-16(15)14-20/h2-11,13-14H,12H2,1H3. The fraction of sp³-hybridized carbons (Fsp3) is 0.143. The van der Waals surface area contributed by atoms with E-state index >= 15 is 0 Å². The van der Waals surface area contributed by atoms with Gasteiger partial charge in [0.1, 0.15) is 23.9 Å². The lowest BCUT2D eigenvalue weighted by atomic mass is 10.1. The van der Waals surface area contributed by atoms with Crippen LogP contribution in [0.5, 0.6) is 11.5 Å². The highest BCUT2D eigenvalue weighted by atomic mass is 19.3. The van der Waals surface area contributed by atoms with E-state index in [1.807, 2.05) is 19.1 Å². The van der Waals surface area contributed by atoms with E-state index in [1.165, 1.54) is 54.6 Å². The van der Waals surface area contributed by atoms with E-state index in [0.29, 0.717) is 23.1 Å². The normalized spacial score (nSPS) is 11.8. The average molecular weight is 358 g/mol. The van der Waals surface area contributed by atoms with E-state index < -0.39 is 6.11 Å². The zero-order valence-corrected chi connectivity index (χ0v) is 14.1. The molecule has 0 amide bonds. The van der Waals surface area contributed by atoms with Gasteiger partial charge in [-0.15, -0.1) is 0 Å². The minimum atomic E-state index is -3.50. The van der Waals surface area contributed by atoms with E-state index in [2.05, 4.69) is 0 Å². The first kappa shape index (κ1) is 17.9. The topological polar surface area (TPSA) is 18.5 Å². The molecule has 0 N–H and O–H groups in total. The zero-order chi connectivity index (χ0) is 18.6. The molecule has 0 spiro atoms. The molecule has 3 aromatic rings. The molecule has 5 heteroatoms. The Kier molecular flexibility index (Phi) is 5.16. The molecule has 0 saturated carbocycles. The molecule has 0 aliphatic carbocycles. The number of benzene rings is 3. The average Bonchev–Trinajstić information content (AvgIpc) is 2.62.